The van der Waals surface area contributed by atoms with Crippen molar-refractivity contribution in [3.05, 3.63) is 53.2 Å². The highest BCUT2D eigenvalue weighted by Crippen LogP contribution is 2.30. The largest absolute Gasteiger partial charge is 0.494 e. The van der Waals surface area contributed by atoms with Crippen LogP contribution in [-0.2, 0) is 0 Å². The van der Waals surface area contributed by atoms with E-state index in [0.29, 0.717) is 37.0 Å². The van der Waals surface area contributed by atoms with E-state index in [1.54, 1.807) is 28.4 Å². The number of carbonyl (C=O) groups is 1. The van der Waals surface area contributed by atoms with Gasteiger partial charge in [0.15, 0.2) is 0 Å². The number of hydrogen-bond donors (Lipinski definition) is 0. The van der Waals surface area contributed by atoms with Gasteiger partial charge in [0.05, 0.1) is 17.4 Å². The van der Waals surface area contributed by atoms with Crippen molar-refractivity contribution in [2.75, 3.05) is 19.7 Å². The molecule has 0 bridgehead atoms. The molecule has 0 atom stereocenters. The average Bonchev–Trinajstić information content (AvgIpc) is 3.26. The molecule has 3 aromatic rings. The second-order valence-electron chi connectivity index (χ2n) is 5.80. The predicted octanol–water partition coefficient (Wildman–Crippen LogP) is 3.44. The molecule has 1 saturated heterocycles. The third-order valence-electron chi connectivity index (χ3n) is 4.11. The molecule has 1 aliphatic heterocycles. The van der Waals surface area contributed by atoms with Gasteiger partial charge in [-0.05, 0) is 42.6 Å². The summed E-state index contributed by atoms with van der Waals surface area (Å²) in [5.74, 6) is 2.10. The molecule has 1 amide bonds. The molecule has 0 radical (unpaired) electrons. The standard InChI is InChI=1S/C18H17N3O3S/c1-2-23-14-7-5-12(6-8-14)18(22)21-10-13(11-21)17-19-16(20-24-17)15-4-3-9-25-15/h3-9,13H,2,10-11H2,1H3. The molecule has 1 fully saturated rings. The molecule has 6 nitrogen and oxygen atoms in total. The second kappa shape index (κ2) is 6.68. The SMILES string of the molecule is CCOc1ccc(C(=O)N2CC(c3nc(-c4cccs4)no3)C2)cc1. The van der Waals surface area contributed by atoms with Crippen molar-refractivity contribution in [2.24, 2.45) is 0 Å². The first-order valence-corrected chi connectivity index (χ1v) is 9.02. The first-order valence-electron chi connectivity index (χ1n) is 8.14. The smallest absolute Gasteiger partial charge is 0.253 e. The predicted molar refractivity (Wildman–Crippen MR) is 93.9 cm³/mol. The van der Waals surface area contributed by atoms with Gasteiger partial charge in [-0.3, -0.25) is 4.79 Å². The molecular weight excluding hydrogens is 338 g/mol. The van der Waals surface area contributed by atoms with Crippen LogP contribution < -0.4 is 4.74 Å². The van der Waals surface area contributed by atoms with Gasteiger partial charge >= 0.3 is 0 Å². The Bertz CT molecular complexity index is 852. The zero-order chi connectivity index (χ0) is 17.2. The maximum absolute atomic E-state index is 12.5. The van der Waals surface area contributed by atoms with E-state index in [1.807, 2.05) is 36.6 Å². The highest BCUT2D eigenvalue weighted by molar-refractivity contribution is 7.13. The number of hydrogen-bond acceptors (Lipinski definition) is 6. The number of thiophene rings is 1. The van der Waals surface area contributed by atoms with Crippen LogP contribution in [0.1, 0.15) is 29.1 Å². The second-order valence-corrected chi connectivity index (χ2v) is 6.75. The van der Waals surface area contributed by atoms with Gasteiger partial charge in [-0.25, -0.2) is 0 Å². The maximum atomic E-state index is 12.5. The highest BCUT2D eigenvalue weighted by Gasteiger charge is 2.36. The van der Waals surface area contributed by atoms with Crippen LogP contribution >= 0.6 is 11.3 Å². The Hall–Kier alpha value is -2.67. The van der Waals surface area contributed by atoms with Crippen LogP contribution in [0.4, 0.5) is 0 Å². The lowest BCUT2D eigenvalue weighted by Gasteiger charge is -2.37. The number of carbonyl (C=O) groups excluding carboxylic acids is 1. The third kappa shape index (κ3) is 3.15. The third-order valence-corrected chi connectivity index (χ3v) is 4.98. The Morgan fingerprint density at radius 2 is 2.12 bits per heavy atom. The highest BCUT2D eigenvalue weighted by atomic mass is 32.1. The van der Waals surface area contributed by atoms with Crippen molar-refractivity contribution >= 4 is 17.2 Å². The van der Waals surface area contributed by atoms with Crippen LogP contribution in [0.2, 0.25) is 0 Å². The van der Waals surface area contributed by atoms with Gasteiger partial charge in [-0.1, -0.05) is 11.2 Å². The molecule has 0 aliphatic carbocycles. The van der Waals surface area contributed by atoms with Gasteiger partial charge in [0.1, 0.15) is 5.75 Å². The molecule has 0 spiro atoms. The van der Waals surface area contributed by atoms with Crippen LogP contribution in [0.5, 0.6) is 5.75 Å². The van der Waals surface area contributed by atoms with Crippen LogP contribution in [0, 0.1) is 0 Å². The van der Waals surface area contributed by atoms with Gasteiger partial charge in [-0.2, -0.15) is 4.98 Å². The fraction of sp³-hybridized carbons (Fsp3) is 0.278. The molecule has 0 saturated carbocycles. The van der Waals surface area contributed by atoms with E-state index < -0.39 is 0 Å². The van der Waals surface area contributed by atoms with Crippen LogP contribution in [0.25, 0.3) is 10.7 Å². The lowest BCUT2D eigenvalue weighted by molar-refractivity contribution is 0.0569. The summed E-state index contributed by atoms with van der Waals surface area (Å²) in [5.41, 5.74) is 0.659. The van der Waals surface area contributed by atoms with Crippen molar-refractivity contribution in [1.82, 2.24) is 15.0 Å². The summed E-state index contributed by atoms with van der Waals surface area (Å²) < 4.78 is 10.8. The summed E-state index contributed by atoms with van der Waals surface area (Å²) in [5, 5.41) is 6.00. The number of aromatic nitrogens is 2. The van der Waals surface area contributed by atoms with Gasteiger partial charge < -0.3 is 14.2 Å². The van der Waals surface area contributed by atoms with Crippen molar-refractivity contribution < 1.29 is 14.1 Å². The zero-order valence-corrected chi connectivity index (χ0v) is 14.5. The Morgan fingerprint density at radius 3 is 2.80 bits per heavy atom. The number of nitrogens with zero attached hydrogens (tertiary/aromatic N) is 3. The van der Waals surface area contributed by atoms with Gasteiger partial charge in [-0.15, -0.1) is 11.3 Å². The van der Waals surface area contributed by atoms with Crippen molar-refractivity contribution in [3.8, 4) is 16.5 Å². The normalized spacial score (nSPS) is 14.4. The minimum Gasteiger partial charge on any atom is -0.494 e. The maximum Gasteiger partial charge on any atom is 0.253 e. The van der Waals surface area contributed by atoms with E-state index in [2.05, 4.69) is 10.1 Å². The lowest BCUT2D eigenvalue weighted by atomic mass is 9.99. The Kier molecular flexibility index (Phi) is 4.23. The summed E-state index contributed by atoms with van der Waals surface area (Å²) in [6.07, 6.45) is 0. The molecule has 2 aromatic heterocycles. The molecule has 0 unspecified atom stereocenters. The number of rotatable bonds is 5. The van der Waals surface area contributed by atoms with Crippen molar-refractivity contribution in [3.63, 3.8) is 0 Å². The fourth-order valence-corrected chi connectivity index (χ4v) is 3.40. The van der Waals surface area contributed by atoms with Gasteiger partial charge in [0.25, 0.3) is 5.91 Å². The molecule has 0 N–H and O–H groups in total. The van der Waals surface area contributed by atoms with Crippen LogP contribution in [0.15, 0.2) is 46.3 Å². The Labute approximate surface area is 149 Å². The van der Waals surface area contributed by atoms with Crippen LogP contribution in [0.3, 0.4) is 0 Å². The monoisotopic (exact) mass is 355 g/mol. The molecule has 25 heavy (non-hydrogen) atoms. The number of amides is 1. The van der Waals surface area contributed by atoms with Crippen molar-refractivity contribution in [1.29, 1.82) is 0 Å². The Balaban J connectivity index is 1.37. The first kappa shape index (κ1) is 15.8. The Morgan fingerprint density at radius 1 is 1.32 bits per heavy atom. The number of benzene rings is 1. The van der Waals surface area contributed by atoms with E-state index in [0.717, 1.165) is 10.6 Å². The number of ether oxygens (including phenoxy) is 1. The summed E-state index contributed by atoms with van der Waals surface area (Å²) in [6.45, 7) is 3.73. The van der Waals surface area contributed by atoms with E-state index in [-0.39, 0.29) is 11.8 Å². The minimum absolute atomic E-state index is 0.0114. The lowest BCUT2D eigenvalue weighted by Crippen LogP contribution is -2.48. The van der Waals surface area contributed by atoms with Crippen molar-refractivity contribution in [2.45, 2.75) is 12.8 Å². The number of likely N-dealkylation sites (tertiary alicyclic amines) is 1. The molecule has 1 aliphatic rings. The van der Waals surface area contributed by atoms with Gasteiger partial charge in [0, 0.05) is 18.7 Å². The van der Waals surface area contributed by atoms with E-state index in [1.165, 1.54) is 0 Å². The summed E-state index contributed by atoms with van der Waals surface area (Å²) >= 11 is 1.57. The summed E-state index contributed by atoms with van der Waals surface area (Å²) in [6, 6.07) is 11.1. The van der Waals surface area contributed by atoms with Gasteiger partial charge in [0.2, 0.25) is 11.7 Å². The molecule has 1 aromatic carbocycles. The average molecular weight is 355 g/mol. The molecule has 128 valence electrons. The molecule has 3 heterocycles. The van der Waals surface area contributed by atoms with E-state index >= 15 is 0 Å². The fourth-order valence-electron chi connectivity index (χ4n) is 2.75. The molecule has 4 rings (SSSR count). The summed E-state index contributed by atoms with van der Waals surface area (Å²) in [7, 11) is 0. The molecule has 7 heteroatoms. The topological polar surface area (TPSA) is 68.5 Å². The van der Waals surface area contributed by atoms with Crippen LogP contribution in [-0.4, -0.2) is 40.6 Å². The summed E-state index contributed by atoms with van der Waals surface area (Å²) in [4.78, 5) is 19.7. The minimum atomic E-state index is 0.0114. The van der Waals surface area contributed by atoms with E-state index in [4.69, 9.17) is 9.26 Å². The van der Waals surface area contributed by atoms with E-state index in [9.17, 15) is 4.79 Å². The first-order chi connectivity index (χ1) is 12.2. The molecular formula is C18H17N3O3S. The quantitative estimate of drug-likeness (QED) is 0.701. The zero-order valence-electron chi connectivity index (χ0n) is 13.7.